The fourth-order valence-corrected chi connectivity index (χ4v) is 3.91. The molecule has 0 saturated carbocycles. The predicted molar refractivity (Wildman–Crippen MR) is 89.8 cm³/mol. The number of aromatic nitrogens is 5. The van der Waals surface area contributed by atoms with E-state index in [0.29, 0.717) is 12.6 Å². The quantitative estimate of drug-likeness (QED) is 0.815. The lowest BCUT2D eigenvalue weighted by Crippen LogP contribution is -2.39. The fraction of sp³-hybridized carbons (Fsp3) is 0.647. The van der Waals surface area contributed by atoms with Crippen LogP contribution in [-0.2, 0) is 25.9 Å². The standard InChI is InChI=1S/C17H24N6O/c24-17-12-14-4-1-2-6-16(14)19-23(17)13-15-5-3-8-21(15)10-11-22-9-7-18-20-22/h7,9,12,15H,1-6,8,10-11,13H2. The molecule has 0 radical (unpaired) electrons. The smallest absolute Gasteiger partial charge is 0.267 e. The first-order valence-corrected chi connectivity index (χ1v) is 8.98. The van der Waals surface area contributed by atoms with Gasteiger partial charge in [0.15, 0.2) is 0 Å². The summed E-state index contributed by atoms with van der Waals surface area (Å²) >= 11 is 0. The van der Waals surface area contributed by atoms with E-state index in [-0.39, 0.29) is 5.56 Å². The molecule has 1 atom stereocenters. The fourth-order valence-electron chi connectivity index (χ4n) is 3.91. The molecule has 3 heterocycles. The van der Waals surface area contributed by atoms with Gasteiger partial charge < -0.3 is 0 Å². The minimum Gasteiger partial charge on any atom is -0.297 e. The molecule has 7 nitrogen and oxygen atoms in total. The van der Waals surface area contributed by atoms with Crippen LogP contribution in [0.25, 0.3) is 0 Å². The first kappa shape index (κ1) is 15.5. The van der Waals surface area contributed by atoms with Crippen LogP contribution in [0.15, 0.2) is 23.3 Å². The summed E-state index contributed by atoms with van der Waals surface area (Å²) in [7, 11) is 0. The Morgan fingerprint density at radius 1 is 1.17 bits per heavy atom. The summed E-state index contributed by atoms with van der Waals surface area (Å²) in [6.07, 6.45) is 10.3. The number of hydrogen-bond acceptors (Lipinski definition) is 5. The van der Waals surface area contributed by atoms with Gasteiger partial charge in [-0.1, -0.05) is 5.21 Å². The highest BCUT2D eigenvalue weighted by Gasteiger charge is 2.25. The lowest BCUT2D eigenvalue weighted by molar-refractivity contribution is 0.213. The van der Waals surface area contributed by atoms with Crippen LogP contribution in [0.1, 0.15) is 36.9 Å². The molecule has 2 aliphatic rings. The van der Waals surface area contributed by atoms with Gasteiger partial charge in [0, 0.05) is 24.8 Å². The van der Waals surface area contributed by atoms with Crippen molar-refractivity contribution in [2.24, 2.45) is 0 Å². The zero-order chi connectivity index (χ0) is 16.4. The number of fused-ring (bicyclic) bond motifs is 1. The third-order valence-electron chi connectivity index (χ3n) is 5.24. The Kier molecular flexibility index (Phi) is 4.42. The lowest BCUT2D eigenvalue weighted by Gasteiger charge is -2.25. The Hall–Kier alpha value is -2.02. The maximum atomic E-state index is 12.4. The van der Waals surface area contributed by atoms with Crippen LogP contribution in [-0.4, -0.2) is 48.8 Å². The van der Waals surface area contributed by atoms with Crippen molar-refractivity contribution >= 4 is 0 Å². The monoisotopic (exact) mass is 328 g/mol. The summed E-state index contributed by atoms with van der Waals surface area (Å²) in [5.41, 5.74) is 2.35. The van der Waals surface area contributed by atoms with Crippen LogP contribution in [0, 0.1) is 0 Å². The van der Waals surface area contributed by atoms with E-state index in [1.807, 2.05) is 16.9 Å². The van der Waals surface area contributed by atoms with Crippen molar-refractivity contribution < 1.29 is 0 Å². The predicted octanol–water partition coefficient (Wildman–Crippen LogP) is 0.878. The lowest BCUT2D eigenvalue weighted by atomic mass is 9.97. The van der Waals surface area contributed by atoms with Crippen LogP contribution >= 0.6 is 0 Å². The van der Waals surface area contributed by atoms with Gasteiger partial charge in [0.05, 0.1) is 25.0 Å². The summed E-state index contributed by atoms with van der Waals surface area (Å²) in [5, 5.41) is 12.5. The van der Waals surface area contributed by atoms with Gasteiger partial charge in [0.2, 0.25) is 0 Å². The molecule has 1 aliphatic carbocycles. The van der Waals surface area contributed by atoms with E-state index in [1.165, 1.54) is 19.3 Å². The zero-order valence-electron chi connectivity index (χ0n) is 14.0. The minimum absolute atomic E-state index is 0.0544. The molecule has 1 saturated heterocycles. The van der Waals surface area contributed by atoms with Gasteiger partial charge in [-0.3, -0.25) is 14.4 Å². The topological polar surface area (TPSA) is 68.8 Å². The van der Waals surface area contributed by atoms with Gasteiger partial charge in [-0.05, 0) is 50.6 Å². The van der Waals surface area contributed by atoms with Gasteiger partial charge in [-0.15, -0.1) is 5.10 Å². The van der Waals surface area contributed by atoms with E-state index in [4.69, 9.17) is 0 Å². The molecule has 2 aromatic rings. The van der Waals surface area contributed by atoms with Gasteiger partial charge in [0.25, 0.3) is 5.56 Å². The first-order chi connectivity index (χ1) is 11.8. The highest BCUT2D eigenvalue weighted by Crippen LogP contribution is 2.20. The highest BCUT2D eigenvalue weighted by atomic mass is 16.1. The zero-order valence-corrected chi connectivity index (χ0v) is 14.0. The molecule has 1 aliphatic heterocycles. The molecule has 0 N–H and O–H groups in total. The molecule has 1 fully saturated rings. The molecule has 4 rings (SSSR count). The number of nitrogens with zero attached hydrogens (tertiary/aromatic N) is 6. The summed E-state index contributed by atoms with van der Waals surface area (Å²) in [6.45, 7) is 3.55. The Morgan fingerprint density at radius 2 is 2.08 bits per heavy atom. The average molecular weight is 328 g/mol. The number of hydrogen-bond donors (Lipinski definition) is 0. The third-order valence-corrected chi connectivity index (χ3v) is 5.24. The van der Waals surface area contributed by atoms with Crippen molar-refractivity contribution in [2.45, 2.75) is 57.7 Å². The van der Waals surface area contributed by atoms with Crippen LogP contribution in [0.3, 0.4) is 0 Å². The maximum Gasteiger partial charge on any atom is 0.267 e. The first-order valence-electron chi connectivity index (χ1n) is 8.98. The van der Waals surface area contributed by atoms with Crippen molar-refractivity contribution in [3.05, 3.63) is 40.1 Å². The van der Waals surface area contributed by atoms with Crippen LogP contribution in [0.5, 0.6) is 0 Å². The number of likely N-dealkylation sites (tertiary alicyclic amines) is 1. The van der Waals surface area contributed by atoms with Crippen molar-refractivity contribution in [3.8, 4) is 0 Å². The second-order valence-electron chi connectivity index (χ2n) is 6.84. The summed E-state index contributed by atoms with van der Waals surface area (Å²) in [4.78, 5) is 14.8. The van der Waals surface area contributed by atoms with Crippen LogP contribution in [0.2, 0.25) is 0 Å². The van der Waals surface area contributed by atoms with E-state index in [1.54, 1.807) is 10.9 Å². The summed E-state index contributed by atoms with van der Waals surface area (Å²) < 4.78 is 3.56. The SMILES string of the molecule is O=c1cc2c(nn1CC1CCCN1CCn1ccnn1)CCCC2. The van der Waals surface area contributed by atoms with E-state index in [0.717, 1.165) is 50.2 Å². The normalized spacial score (nSPS) is 21.1. The molecule has 0 bridgehead atoms. The van der Waals surface area contributed by atoms with Crippen molar-refractivity contribution in [2.75, 3.05) is 13.1 Å². The summed E-state index contributed by atoms with van der Waals surface area (Å²) in [5.74, 6) is 0. The molecule has 24 heavy (non-hydrogen) atoms. The Labute approximate surface area is 141 Å². The molecule has 128 valence electrons. The second kappa shape index (κ2) is 6.84. The van der Waals surface area contributed by atoms with Crippen molar-refractivity contribution in [3.63, 3.8) is 0 Å². The third kappa shape index (κ3) is 3.26. The van der Waals surface area contributed by atoms with Gasteiger partial charge in [0.1, 0.15) is 0 Å². The van der Waals surface area contributed by atoms with Crippen LogP contribution in [0.4, 0.5) is 0 Å². The van der Waals surface area contributed by atoms with E-state index in [9.17, 15) is 4.79 Å². The van der Waals surface area contributed by atoms with E-state index < -0.39 is 0 Å². The molecule has 0 amide bonds. The Bertz CT molecular complexity index is 738. The largest absolute Gasteiger partial charge is 0.297 e. The Balaban J connectivity index is 1.44. The molecule has 7 heteroatoms. The van der Waals surface area contributed by atoms with Crippen molar-refractivity contribution in [1.29, 1.82) is 0 Å². The van der Waals surface area contributed by atoms with Crippen molar-refractivity contribution in [1.82, 2.24) is 29.7 Å². The molecule has 2 aromatic heterocycles. The molecule has 0 aromatic carbocycles. The molecule has 1 unspecified atom stereocenters. The highest BCUT2D eigenvalue weighted by molar-refractivity contribution is 5.20. The molecular weight excluding hydrogens is 304 g/mol. The Morgan fingerprint density at radius 3 is 2.96 bits per heavy atom. The van der Waals surface area contributed by atoms with Gasteiger partial charge in [-0.2, -0.15) is 5.10 Å². The maximum absolute atomic E-state index is 12.4. The minimum atomic E-state index is 0.0544. The van der Waals surface area contributed by atoms with Gasteiger partial charge in [-0.25, -0.2) is 4.68 Å². The van der Waals surface area contributed by atoms with Crippen LogP contribution < -0.4 is 5.56 Å². The number of aryl methyl sites for hydroxylation is 2. The van der Waals surface area contributed by atoms with E-state index in [2.05, 4.69) is 20.3 Å². The van der Waals surface area contributed by atoms with Gasteiger partial charge >= 0.3 is 0 Å². The average Bonchev–Trinajstić information content (AvgIpc) is 3.25. The molecule has 0 spiro atoms. The second-order valence-corrected chi connectivity index (χ2v) is 6.84. The number of rotatable bonds is 5. The summed E-state index contributed by atoms with van der Waals surface area (Å²) in [6, 6.07) is 2.20. The molecular formula is C17H24N6O. The van der Waals surface area contributed by atoms with E-state index >= 15 is 0 Å².